The van der Waals surface area contributed by atoms with Crippen LogP contribution >= 0.6 is 0 Å². The molecule has 0 bridgehead atoms. The monoisotopic (exact) mass is 340 g/mol. The van der Waals surface area contributed by atoms with Crippen LogP contribution in [0.4, 0.5) is 0 Å². The van der Waals surface area contributed by atoms with Crippen molar-refractivity contribution in [1.82, 2.24) is 10.2 Å². The van der Waals surface area contributed by atoms with Gasteiger partial charge >= 0.3 is 0 Å². The predicted octanol–water partition coefficient (Wildman–Crippen LogP) is 3.44. The van der Waals surface area contributed by atoms with Crippen molar-refractivity contribution in [3.63, 3.8) is 0 Å². The smallest absolute Gasteiger partial charge is 0.241 e. The van der Waals surface area contributed by atoms with E-state index >= 15 is 0 Å². The Morgan fingerprint density at radius 1 is 1.04 bits per heavy atom. The molecule has 25 heavy (non-hydrogen) atoms. The summed E-state index contributed by atoms with van der Waals surface area (Å²) in [6.07, 6.45) is 2.91. The van der Waals surface area contributed by atoms with Gasteiger partial charge < -0.3 is 10.1 Å². The zero-order valence-electron chi connectivity index (χ0n) is 15.4. The Balaban J connectivity index is 1.79. The van der Waals surface area contributed by atoms with E-state index in [0.29, 0.717) is 6.54 Å². The summed E-state index contributed by atoms with van der Waals surface area (Å²) < 4.78 is 5.37. The number of carbonyl (C=O) groups excluding carboxylic acids is 1. The molecule has 0 fully saturated rings. The van der Waals surface area contributed by atoms with Crippen molar-refractivity contribution in [3.8, 4) is 5.75 Å². The molecule has 4 heteroatoms. The summed E-state index contributed by atoms with van der Waals surface area (Å²) in [5.74, 6) is 0.983. The Morgan fingerprint density at radius 2 is 1.72 bits per heavy atom. The highest BCUT2D eigenvalue weighted by Crippen LogP contribution is 2.20. The van der Waals surface area contributed by atoms with Gasteiger partial charge in [-0.15, -0.1) is 0 Å². The molecule has 0 aliphatic rings. The number of para-hydroxylation sites is 1. The summed E-state index contributed by atoms with van der Waals surface area (Å²) in [6, 6.07) is 17.7. The highest BCUT2D eigenvalue weighted by molar-refractivity contribution is 5.83. The Labute approximate surface area is 150 Å². The second kappa shape index (κ2) is 9.84. The standard InChI is InChI=1S/C21H28N2O2/c1-23(2)20(18-13-5-4-6-14-18)21(24)22-16-10-9-12-17-11-7-8-15-19(17)25-3/h4-8,11,13-15,20H,9-10,12,16H2,1-3H3,(H,22,24). The highest BCUT2D eigenvalue weighted by Gasteiger charge is 2.21. The summed E-state index contributed by atoms with van der Waals surface area (Å²) >= 11 is 0. The molecule has 0 aromatic heterocycles. The van der Waals surface area contributed by atoms with Crippen LogP contribution in [0.15, 0.2) is 54.6 Å². The topological polar surface area (TPSA) is 41.6 Å². The lowest BCUT2D eigenvalue weighted by Crippen LogP contribution is -2.37. The largest absolute Gasteiger partial charge is 0.496 e. The minimum atomic E-state index is -0.254. The van der Waals surface area contributed by atoms with Gasteiger partial charge in [-0.1, -0.05) is 48.5 Å². The Morgan fingerprint density at radius 3 is 2.40 bits per heavy atom. The molecule has 1 atom stereocenters. The van der Waals surface area contributed by atoms with Crippen LogP contribution in [0.3, 0.4) is 0 Å². The summed E-state index contributed by atoms with van der Waals surface area (Å²) in [4.78, 5) is 14.5. The molecule has 134 valence electrons. The molecule has 0 saturated heterocycles. The van der Waals surface area contributed by atoms with E-state index in [-0.39, 0.29) is 11.9 Å². The maximum atomic E-state index is 12.5. The molecule has 4 nitrogen and oxygen atoms in total. The van der Waals surface area contributed by atoms with Crippen molar-refractivity contribution in [2.75, 3.05) is 27.7 Å². The third kappa shape index (κ3) is 5.61. The van der Waals surface area contributed by atoms with Crippen molar-refractivity contribution in [2.24, 2.45) is 0 Å². The van der Waals surface area contributed by atoms with Crippen LogP contribution in [0.2, 0.25) is 0 Å². The van der Waals surface area contributed by atoms with Gasteiger partial charge in [0.2, 0.25) is 5.91 Å². The van der Waals surface area contributed by atoms with Crippen LogP contribution in [0, 0.1) is 0 Å². The Hall–Kier alpha value is -2.33. The molecule has 0 heterocycles. The zero-order valence-corrected chi connectivity index (χ0v) is 15.4. The third-order valence-corrected chi connectivity index (χ3v) is 4.24. The number of nitrogens with zero attached hydrogens (tertiary/aromatic N) is 1. The number of hydrogen-bond acceptors (Lipinski definition) is 3. The lowest BCUT2D eigenvalue weighted by atomic mass is 10.0. The second-order valence-electron chi connectivity index (χ2n) is 6.34. The van der Waals surface area contributed by atoms with Gasteiger partial charge in [0.1, 0.15) is 11.8 Å². The fourth-order valence-electron chi connectivity index (χ4n) is 2.98. The van der Waals surface area contributed by atoms with E-state index in [1.165, 1.54) is 5.56 Å². The average molecular weight is 340 g/mol. The number of unbranched alkanes of at least 4 members (excludes halogenated alkanes) is 1. The average Bonchev–Trinajstić information content (AvgIpc) is 2.62. The maximum absolute atomic E-state index is 12.5. The van der Waals surface area contributed by atoms with Gasteiger partial charge in [-0.3, -0.25) is 9.69 Å². The summed E-state index contributed by atoms with van der Waals surface area (Å²) in [5.41, 5.74) is 2.23. The minimum absolute atomic E-state index is 0.0495. The van der Waals surface area contributed by atoms with E-state index in [4.69, 9.17) is 4.74 Å². The first-order valence-electron chi connectivity index (χ1n) is 8.74. The molecule has 2 aromatic rings. The highest BCUT2D eigenvalue weighted by atomic mass is 16.5. The molecule has 0 aliphatic heterocycles. The molecule has 0 spiro atoms. The molecule has 0 aliphatic carbocycles. The molecule has 0 saturated carbocycles. The van der Waals surface area contributed by atoms with Crippen molar-refractivity contribution in [1.29, 1.82) is 0 Å². The van der Waals surface area contributed by atoms with E-state index in [1.807, 2.05) is 67.5 Å². The number of nitrogens with one attached hydrogen (secondary N) is 1. The fraction of sp³-hybridized carbons (Fsp3) is 0.381. The van der Waals surface area contributed by atoms with Gasteiger partial charge in [0.15, 0.2) is 0 Å². The Bertz CT molecular complexity index is 656. The number of hydrogen-bond donors (Lipinski definition) is 1. The van der Waals surface area contributed by atoms with Crippen LogP contribution in [0.1, 0.15) is 30.0 Å². The number of likely N-dealkylation sites (N-methyl/N-ethyl adjacent to an activating group) is 1. The van der Waals surface area contributed by atoms with E-state index in [9.17, 15) is 4.79 Å². The number of carbonyl (C=O) groups is 1. The molecule has 0 radical (unpaired) electrons. The van der Waals surface area contributed by atoms with E-state index in [0.717, 1.165) is 30.6 Å². The molecule has 1 unspecified atom stereocenters. The summed E-state index contributed by atoms with van der Waals surface area (Å²) in [5, 5.41) is 3.07. The Kier molecular flexibility index (Phi) is 7.48. The molecule has 2 rings (SSSR count). The van der Waals surface area contributed by atoms with E-state index in [2.05, 4.69) is 11.4 Å². The zero-order chi connectivity index (χ0) is 18.1. The van der Waals surface area contributed by atoms with Gasteiger partial charge in [0, 0.05) is 6.54 Å². The van der Waals surface area contributed by atoms with Gasteiger partial charge in [0.05, 0.1) is 7.11 Å². The summed E-state index contributed by atoms with van der Waals surface area (Å²) in [6.45, 7) is 0.686. The number of methoxy groups -OCH3 is 1. The van der Waals surface area contributed by atoms with Gasteiger partial charge in [0.25, 0.3) is 0 Å². The SMILES string of the molecule is COc1ccccc1CCCCNC(=O)C(c1ccccc1)N(C)C. The second-order valence-corrected chi connectivity index (χ2v) is 6.34. The van der Waals surface area contributed by atoms with E-state index in [1.54, 1.807) is 7.11 Å². The van der Waals surface area contributed by atoms with Crippen LogP contribution in [0.25, 0.3) is 0 Å². The minimum Gasteiger partial charge on any atom is -0.496 e. The quantitative estimate of drug-likeness (QED) is 0.711. The maximum Gasteiger partial charge on any atom is 0.241 e. The molecule has 2 aromatic carbocycles. The van der Waals surface area contributed by atoms with Crippen molar-refractivity contribution >= 4 is 5.91 Å². The van der Waals surface area contributed by atoms with Crippen LogP contribution in [-0.4, -0.2) is 38.6 Å². The first-order valence-corrected chi connectivity index (χ1v) is 8.74. The first kappa shape index (κ1) is 19.0. The summed E-state index contributed by atoms with van der Waals surface area (Å²) in [7, 11) is 5.56. The first-order chi connectivity index (χ1) is 12.1. The van der Waals surface area contributed by atoms with Crippen molar-refractivity contribution < 1.29 is 9.53 Å². The third-order valence-electron chi connectivity index (χ3n) is 4.24. The number of aryl methyl sites for hydroxylation is 1. The molecule has 1 amide bonds. The van der Waals surface area contributed by atoms with Crippen molar-refractivity contribution in [3.05, 3.63) is 65.7 Å². The van der Waals surface area contributed by atoms with Gasteiger partial charge in [-0.2, -0.15) is 0 Å². The molecular formula is C21H28N2O2. The van der Waals surface area contributed by atoms with E-state index < -0.39 is 0 Å². The number of amides is 1. The normalized spacial score (nSPS) is 12.0. The van der Waals surface area contributed by atoms with Gasteiger partial charge in [-0.05, 0) is 50.6 Å². The van der Waals surface area contributed by atoms with Crippen molar-refractivity contribution in [2.45, 2.75) is 25.3 Å². The predicted molar refractivity (Wildman–Crippen MR) is 102 cm³/mol. The molecule has 1 N–H and O–H groups in total. The van der Waals surface area contributed by atoms with Crippen LogP contribution in [0.5, 0.6) is 5.75 Å². The molecular weight excluding hydrogens is 312 g/mol. The fourth-order valence-corrected chi connectivity index (χ4v) is 2.98. The number of benzene rings is 2. The van der Waals surface area contributed by atoms with Gasteiger partial charge in [-0.25, -0.2) is 0 Å². The van der Waals surface area contributed by atoms with Crippen LogP contribution in [-0.2, 0) is 11.2 Å². The lowest BCUT2D eigenvalue weighted by Gasteiger charge is -2.23. The number of rotatable bonds is 9. The van der Waals surface area contributed by atoms with Crippen LogP contribution < -0.4 is 10.1 Å². The lowest BCUT2D eigenvalue weighted by molar-refractivity contribution is -0.125. The number of ether oxygens (including phenoxy) is 1.